The molecule has 0 atom stereocenters. The van der Waals surface area contributed by atoms with Crippen molar-refractivity contribution in [2.24, 2.45) is 0 Å². The molecule has 1 amide bonds. The summed E-state index contributed by atoms with van der Waals surface area (Å²) in [6.45, 7) is 2.39. The normalized spacial score (nSPS) is 10.2. The third-order valence-corrected chi connectivity index (χ3v) is 4.61. The molecule has 0 aliphatic heterocycles. The molecule has 0 spiro atoms. The first-order valence-electron chi connectivity index (χ1n) is 7.93. The highest BCUT2D eigenvalue weighted by atomic mass is 32.2. The monoisotopic (exact) mass is 361 g/mol. The maximum Gasteiger partial charge on any atom is 0.252 e. The lowest BCUT2D eigenvalue weighted by Crippen LogP contribution is -2.23. The molecule has 0 saturated carbocycles. The van der Waals surface area contributed by atoms with Gasteiger partial charge in [-0.1, -0.05) is 19.1 Å². The highest BCUT2D eigenvalue weighted by Gasteiger charge is 2.15. The third-order valence-electron chi connectivity index (χ3n) is 3.66. The number of nitrogens with one attached hydrogen (secondary N) is 1. The Bertz CT molecular complexity index is 733. The van der Waals surface area contributed by atoms with Crippen LogP contribution in [0.3, 0.4) is 0 Å². The number of amides is 1. The Kier molecular flexibility index (Phi) is 7.01. The molecule has 1 N–H and O–H groups in total. The van der Waals surface area contributed by atoms with Gasteiger partial charge in [-0.2, -0.15) is 0 Å². The summed E-state index contributed by atoms with van der Waals surface area (Å²) in [5.41, 5.74) is 1.49. The molecule has 134 valence electrons. The van der Waals surface area contributed by atoms with E-state index in [0.29, 0.717) is 29.4 Å². The Hall–Kier alpha value is -2.34. The van der Waals surface area contributed by atoms with Crippen LogP contribution >= 0.6 is 11.8 Å². The number of ether oxygens (including phenoxy) is 3. The van der Waals surface area contributed by atoms with Crippen molar-refractivity contribution < 1.29 is 19.0 Å². The summed E-state index contributed by atoms with van der Waals surface area (Å²) >= 11 is 1.65. The molecule has 0 saturated heterocycles. The van der Waals surface area contributed by atoms with E-state index < -0.39 is 0 Å². The molecular weight excluding hydrogens is 338 g/mol. The molecule has 25 heavy (non-hydrogen) atoms. The van der Waals surface area contributed by atoms with Gasteiger partial charge in [0.2, 0.25) is 0 Å². The molecule has 2 aromatic carbocycles. The van der Waals surface area contributed by atoms with Gasteiger partial charge in [0.15, 0.2) is 11.5 Å². The molecule has 0 heterocycles. The number of hydrogen-bond acceptors (Lipinski definition) is 5. The quantitative estimate of drug-likeness (QED) is 0.726. The van der Waals surface area contributed by atoms with E-state index in [1.165, 1.54) is 0 Å². The number of methoxy groups -OCH3 is 3. The molecule has 0 unspecified atom stereocenters. The molecule has 0 aliphatic rings. The fourth-order valence-corrected chi connectivity index (χ4v) is 3.24. The fourth-order valence-electron chi connectivity index (χ4n) is 2.44. The average Bonchev–Trinajstić information content (AvgIpc) is 2.65. The van der Waals surface area contributed by atoms with Gasteiger partial charge in [0.05, 0.1) is 26.9 Å². The van der Waals surface area contributed by atoms with E-state index in [-0.39, 0.29) is 5.91 Å². The third kappa shape index (κ3) is 4.60. The Labute approximate surface area is 152 Å². The van der Waals surface area contributed by atoms with Gasteiger partial charge >= 0.3 is 0 Å². The van der Waals surface area contributed by atoms with Gasteiger partial charge in [-0.25, -0.2) is 0 Å². The lowest BCUT2D eigenvalue weighted by molar-refractivity contribution is 0.0947. The van der Waals surface area contributed by atoms with Crippen LogP contribution in [0.4, 0.5) is 0 Å². The fraction of sp³-hybridized carbons (Fsp3) is 0.316. The zero-order valence-corrected chi connectivity index (χ0v) is 15.7. The van der Waals surface area contributed by atoms with Gasteiger partial charge in [0, 0.05) is 23.1 Å². The van der Waals surface area contributed by atoms with Crippen LogP contribution in [0.25, 0.3) is 0 Å². The number of benzene rings is 2. The summed E-state index contributed by atoms with van der Waals surface area (Å²) < 4.78 is 16.0. The Balaban J connectivity index is 2.19. The molecule has 0 radical (unpaired) electrons. The first-order valence-corrected chi connectivity index (χ1v) is 8.92. The van der Waals surface area contributed by atoms with Crippen LogP contribution in [0.15, 0.2) is 41.3 Å². The lowest BCUT2D eigenvalue weighted by Gasteiger charge is -2.15. The smallest absolute Gasteiger partial charge is 0.252 e. The number of carbonyl (C=O) groups excluding carboxylic acids is 1. The van der Waals surface area contributed by atoms with Crippen molar-refractivity contribution in [2.75, 3.05) is 27.1 Å². The summed E-state index contributed by atoms with van der Waals surface area (Å²) in [5, 5.41) is 2.95. The van der Waals surface area contributed by atoms with Crippen molar-refractivity contribution in [2.45, 2.75) is 18.4 Å². The van der Waals surface area contributed by atoms with Crippen LogP contribution in [0, 0.1) is 0 Å². The predicted molar refractivity (Wildman–Crippen MR) is 100 cm³/mol. The van der Waals surface area contributed by atoms with Crippen LogP contribution < -0.4 is 19.5 Å². The van der Waals surface area contributed by atoms with E-state index in [9.17, 15) is 4.79 Å². The number of hydrogen-bond donors (Lipinski definition) is 1. The molecule has 0 fully saturated rings. The zero-order valence-electron chi connectivity index (χ0n) is 14.9. The van der Waals surface area contributed by atoms with E-state index in [4.69, 9.17) is 14.2 Å². The van der Waals surface area contributed by atoms with Gasteiger partial charge in [-0.05, 0) is 24.0 Å². The second-order valence-corrected chi connectivity index (χ2v) is 6.44. The van der Waals surface area contributed by atoms with Crippen LogP contribution in [-0.2, 0) is 6.54 Å². The highest BCUT2D eigenvalue weighted by Crippen LogP contribution is 2.34. The number of carbonyl (C=O) groups is 1. The van der Waals surface area contributed by atoms with Crippen LogP contribution in [0.2, 0.25) is 0 Å². The second-order valence-electron chi connectivity index (χ2n) is 5.13. The van der Waals surface area contributed by atoms with Crippen LogP contribution in [0.5, 0.6) is 17.2 Å². The van der Waals surface area contributed by atoms with E-state index in [0.717, 1.165) is 16.2 Å². The summed E-state index contributed by atoms with van der Waals surface area (Å²) in [6.07, 6.45) is 0. The van der Waals surface area contributed by atoms with Gasteiger partial charge in [0.1, 0.15) is 5.75 Å². The molecule has 2 rings (SSSR count). The summed E-state index contributed by atoms with van der Waals surface area (Å²) in [5.74, 6) is 2.60. The van der Waals surface area contributed by atoms with Crippen molar-refractivity contribution in [3.05, 3.63) is 47.5 Å². The van der Waals surface area contributed by atoms with E-state index >= 15 is 0 Å². The van der Waals surface area contributed by atoms with Crippen molar-refractivity contribution >= 4 is 17.7 Å². The highest BCUT2D eigenvalue weighted by molar-refractivity contribution is 7.99. The largest absolute Gasteiger partial charge is 0.496 e. The van der Waals surface area contributed by atoms with Gasteiger partial charge < -0.3 is 19.5 Å². The van der Waals surface area contributed by atoms with Crippen LogP contribution in [0.1, 0.15) is 22.8 Å². The van der Waals surface area contributed by atoms with Crippen LogP contribution in [-0.4, -0.2) is 33.0 Å². The molecule has 0 aliphatic carbocycles. The minimum atomic E-state index is -0.117. The number of rotatable bonds is 8. The first-order chi connectivity index (χ1) is 12.1. The number of thioether (sulfide) groups is 1. The molecule has 2 aromatic rings. The standard InChI is InChI=1S/C19H23NO4S/c1-5-25-18-9-7-6-8-14(18)19(21)20-12-13-10-16(23-3)17(24-4)11-15(13)22-2/h6-11H,5,12H2,1-4H3,(H,20,21). The van der Waals surface area contributed by atoms with E-state index in [2.05, 4.69) is 12.2 Å². The van der Waals surface area contributed by atoms with Gasteiger partial charge in [0.25, 0.3) is 5.91 Å². The lowest BCUT2D eigenvalue weighted by atomic mass is 10.1. The SMILES string of the molecule is CCSc1ccccc1C(=O)NCc1cc(OC)c(OC)cc1OC. The average molecular weight is 361 g/mol. The minimum Gasteiger partial charge on any atom is -0.496 e. The summed E-state index contributed by atoms with van der Waals surface area (Å²) in [7, 11) is 4.73. The maximum absolute atomic E-state index is 12.6. The summed E-state index contributed by atoms with van der Waals surface area (Å²) in [4.78, 5) is 13.5. The summed E-state index contributed by atoms with van der Waals surface area (Å²) in [6, 6.07) is 11.2. The molecule has 6 heteroatoms. The Morgan fingerprint density at radius 3 is 2.28 bits per heavy atom. The van der Waals surface area contributed by atoms with Gasteiger partial charge in [-0.15, -0.1) is 11.8 Å². The minimum absolute atomic E-state index is 0.117. The Morgan fingerprint density at radius 2 is 1.64 bits per heavy atom. The molecular formula is C19H23NO4S. The van der Waals surface area contributed by atoms with Crippen molar-refractivity contribution in [3.8, 4) is 17.2 Å². The molecule has 0 bridgehead atoms. The maximum atomic E-state index is 12.6. The van der Waals surface area contributed by atoms with E-state index in [1.54, 1.807) is 39.2 Å². The van der Waals surface area contributed by atoms with Crippen molar-refractivity contribution in [1.29, 1.82) is 0 Å². The Morgan fingerprint density at radius 1 is 1.00 bits per heavy atom. The van der Waals surface area contributed by atoms with E-state index in [1.807, 2.05) is 30.3 Å². The molecule has 5 nitrogen and oxygen atoms in total. The van der Waals surface area contributed by atoms with Gasteiger partial charge in [-0.3, -0.25) is 4.79 Å². The molecule has 0 aromatic heterocycles. The predicted octanol–water partition coefficient (Wildman–Crippen LogP) is 3.75. The first kappa shape index (κ1) is 19.0. The zero-order chi connectivity index (χ0) is 18.2. The topological polar surface area (TPSA) is 56.8 Å². The second kappa shape index (κ2) is 9.22. The van der Waals surface area contributed by atoms with Crippen molar-refractivity contribution in [1.82, 2.24) is 5.32 Å². The van der Waals surface area contributed by atoms with Crippen molar-refractivity contribution in [3.63, 3.8) is 0 Å².